The zero-order valence-corrected chi connectivity index (χ0v) is 9.45. The first-order valence-electron chi connectivity index (χ1n) is 5.51. The largest absolute Gasteiger partial charge is 0.456 e. The van der Waals surface area contributed by atoms with Crippen LogP contribution in [0.4, 0.5) is 5.69 Å². The number of nitrogens with zero attached hydrogens (tertiary/aromatic N) is 3. The third-order valence-corrected chi connectivity index (χ3v) is 2.73. The molecule has 0 bridgehead atoms. The highest BCUT2D eigenvalue weighted by Crippen LogP contribution is 2.33. The number of benzene rings is 2. The topological polar surface area (TPSA) is 61.9 Å². The highest BCUT2D eigenvalue weighted by molar-refractivity contribution is 5.90. The molecule has 3 rings (SSSR count). The van der Waals surface area contributed by atoms with Crippen LogP contribution in [0.25, 0.3) is 32.7 Å². The molecule has 1 heterocycles. The van der Waals surface area contributed by atoms with E-state index < -0.39 is 0 Å². The standard InChI is InChI=1S/C14H9N3O/c15-17-16-12-8-4-7-11-9-13(18-14(11)12)10-5-2-1-3-6-10/h1-9H. The van der Waals surface area contributed by atoms with E-state index in [0.29, 0.717) is 11.3 Å². The summed E-state index contributed by atoms with van der Waals surface area (Å²) in [4.78, 5) is 2.80. The lowest BCUT2D eigenvalue weighted by atomic mass is 10.1. The van der Waals surface area contributed by atoms with Crippen molar-refractivity contribution in [1.82, 2.24) is 0 Å². The van der Waals surface area contributed by atoms with E-state index in [1.165, 1.54) is 0 Å². The lowest BCUT2D eigenvalue weighted by Crippen LogP contribution is -1.69. The Morgan fingerprint density at radius 1 is 1.00 bits per heavy atom. The first-order chi connectivity index (χ1) is 8.88. The van der Waals surface area contributed by atoms with Gasteiger partial charge in [-0.1, -0.05) is 47.6 Å². The molecule has 0 saturated carbocycles. The summed E-state index contributed by atoms with van der Waals surface area (Å²) in [6.45, 7) is 0. The van der Waals surface area contributed by atoms with E-state index in [0.717, 1.165) is 16.7 Å². The van der Waals surface area contributed by atoms with Crippen LogP contribution in [-0.2, 0) is 0 Å². The van der Waals surface area contributed by atoms with Gasteiger partial charge in [0.15, 0.2) is 0 Å². The highest BCUT2D eigenvalue weighted by atomic mass is 16.3. The van der Waals surface area contributed by atoms with Gasteiger partial charge in [0.1, 0.15) is 11.3 Å². The zero-order chi connectivity index (χ0) is 12.4. The van der Waals surface area contributed by atoms with Crippen molar-refractivity contribution in [2.24, 2.45) is 5.11 Å². The molecule has 3 aromatic rings. The van der Waals surface area contributed by atoms with Crippen molar-refractivity contribution in [2.45, 2.75) is 0 Å². The SMILES string of the molecule is [N-]=[N+]=Nc1cccc2cc(-c3ccccc3)oc12. The van der Waals surface area contributed by atoms with E-state index in [1.54, 1.807) is 6.07 Å². The van der Waals surface area contributed by atoms with Gasteiger partial charge in [-0.15, -0.1) is 0 Å². The maximum Gasteiger partial charge on any atom is 0.144 e. The lowest BCUT2D eigenvalue weighted by Gasteiger charge is -1.94. The van der Waals surface area contributed by atoms with Crippen molar-refractivity contribution in [3.05, 3.63) is 65.0 Å². The molecule has 0 aliphatic carbocycles. The third-order valence-electron chi connectivity index (χ3n) is 2.73. The first-order valence-corrected chi connectivity index (χ1v) is 5.51. The molecule has 1 aromatic heterocycles. The second-order valence-corrected chi connectivity index (χ2v) is 3.86. The van der Waals surface area contributed by atoms with Crippen LogP contribution in [0.5, 0.6) is 0 Å². The van der Waals surface area contributed by atoms with Gasteiger partial charge in [-0.2, -0.15) is 0 Å². The number of rotatable bonds is 2. The summed E-state index contributed by atoms with van der Waals surface area (Å²) in [6, 6.07) is 17.3. The quantitative estimate of drug-likeness (QED) is 0.348. The Morgan fingerprint density at radius 3 is 2.61 bits per heavy atom. The van der Waals surface area contributed by atoms with Gasteiger partial charge >= 0.3 is 0 Å². The fourth-order valence-electron chi connectivity index (χ4n) is 1.92. The van der Waals surface area contributed by atoms with Crippen LogP contribution in [0.2, 0.25) is 0 Å². The molecular formula is C14H9N3O. The predicted molar refractivity (Wildman–Crippen MR) is 70.5 cm³/mol. The van der Waals surface area contributed by atoms with Gasteiger partial charge in [0.05, 0.1) is 5.69 Å². The summed E-state index contributed by atoms with van der Waals surface area (Å²) in [6.07, 6.45) is 0. The molecule has 4 heteroatoms. The number of furan rings is 1. The van der Waals surface area contributed by atoms with Crippen molar-refractivity contribution >= 4 is 16.7 Å². The van der Waals surface area contributed by atoms with Crippen molar-refractivity contribution < 1.29 is 4.42 Å². The molecule has 0 aliphatic rings. The molecule has 0 radical (unpaired) electrons. The van der Waals surface area contributed by atoms with Crippen LogP contribution < -0.4 is 0 Å². The molecule has 2 aromatic carbocycles. The number of hydrogen-bond donors (Lipinski definition) is 0. The molecule has 0 aliphatic heterocycles. The minimum absolute atomic E-state index is 0.511. The van der Waals surface area contributed by atoms with Crippen molar-refractivity contribution in [3.63, 3.8) is 0 Å². The van der Waals surface area contributed by atoms with E-state index in [-0.39, 0.29) is 0 Å². The van der Waals surface area contributed by atoms with E-state index in [9.17, 15) is 0 Å². The normalized spacial score (nSPS) is 10.2. The van der Waals surface area contributed by atoms with Crippen LogP contribution in [-0.4, -0.2) is 0 Å². The molecular weight excluding hydrogens is 226 g/mol. The molecule has 18 heavy (non-hydrogen) atoms. The van der Waals surface area contributed by atoms with Gasteiger partial charge in [0, 0.05) is 15.9 Å². The smallest absolute Gasteiger partial charge is 0.144 e. The van der Waals surface area contributed by atoms with Crippen LogP contribution >= 0.6 is 0 Å². The average molecular weight is 235 g/mol. The summed E-state index contributed by atoms with van der Waals surface area (Å²) in [5.74, 6) is 0.770. The van der Waals surface area contributed by atoms with Crippen LogP contribution in [0.3, 0.4) is 0 Å². The van der Waals surface area contributed by atoms with E-state index in [1.807, 2.05) is 48.5 Å². The number of azide groups is 1. The maximum atomic E-state index is 8.52. The molecule has 0 amide bonds. The van der Waals surface area contributed by atoms with Crippen LogP contribution in [0.1, 0.15) is 0 Å². The van der Waals surface area contributed by atoms with Crippen molar-refractivity contribution in [3.8, 4) is 11.3 Å². The summed E-state index contributed by atoms with van der Waals surface area (Å²) < 4.78 is 5.77. The van der Waals surface area contributed by atoms with Crippen LogP contribution in [0, 0.1) is 0 Å². The molecule has 0 saturated heterocycles. The monoisotopic (exact) mass is 235 g/mol. The second-order valence-electron chi connectivity index (χ2n) is 3.86. The number of para-hydroxylation sites is 1. The summed E-state index contributed by atoms with van der Waals surface area (Å²) in [5.41, 5.74) is 10.7. The minimum atomic E-state index is 0.511. The van der Waals surface area contributed by atoms with E-state index in [4.69, 9.17) is 9.95 Å². The van der Waals surface area contributed by atoms with Gasteiger partial charge in [0.2, 0.25) is 0 Å². The molecule has 0 unspecified atom stereocenters. The Labute approximate surface area is 103 Å². The summed E-state index contributed by atoms with van der Waals surface area (Å²) >= 11 is 0. The molecule has 0 atom stereocenters. The lowest BCUT2D eigenvalue weighted by molar-refractivity contribution is 0.632. The van der Waals surface area contributed by atoms with Gasteiger partial charge < -0.3 is 4.42 Å². The Balaban J connectivity index is 2.23. The van der Waals surface area contributed by atoms with Crippen molar-refractivity contribution in [1.29, 1.82) is 0 Å². The fraction of sp³-hybridized carbons (Fsp3) is 0. The van der Waals surface area contributed by atoms with Gasteiger partial charge in [-0.25, -0.2) is 0 Å². The maximum absolute atomic E-state index is 8.52. The van der Waals surface area contributed by atoms with Crippen LogP contribution in [0.15, 0.2) is 64.1 Å². The van der Waals surface area contributed by atoms with Gasteiger partial charge in [-0.05, 0) is 17.7 Å². The Hall–Kier alpha value is -2.71. The molecule has 86 valence electrons. The van der Waals surface area contributed by atoms with E-state index in [2.05, 4.69) is 10.0 Å². The van der Waals surface area contributed by atoms with Crippen molar-refractivity contribution in [2.75, 3.05) is 0 Å². The molecule has 0 N–H and O–H groups in total. The second kappa shape index (κ2) is 4.28. The summed E-state index contributed by atoms with van der Waals surface area (Å²) in [7, 11) is 0. The average Bonchev–Trinajstić information content (AvgIpc) is 2.85. The third kappa shape index (κ3) is 1.71. The van der Waals surface area contributed by atoms with Gasteiger partial charge in [-0.3, -0.25) is 0 Å². The fourth-order valence-corrected chi connectivity index (χ4v) is 1.92. The van der Waals surface area contributed by atoms with E-state index >= 15 is 0 Å². The first kappa shape index (κ1) is 10.4. The number of hydrogen-bond acceptors (Lipinski definition) is 2. The number of fused-ring (bicyclic) bond motifs is 1. The molecule has 0 fully saturated rings. The minimum Gasteiger partial charge on any atom is -0.456 e. The predicted octanol–water partition coefficient (Wildman–Crippen LogP) is 5.04. The Bertz CT molecular complexity index is 740. The Kier molecular flexibility index (Phi) is 2.48. The van der Waals surface area contributed by atoms with Gasteiger partial charge in [0.25, 0.3) is 0 Å². The molecule has 4 nitrogen and oxygen atoms in total. The highest BCUT2D eigenvalue weighted by Gasteiger charge is 2.08. The summed E-state index contributed by atoms with van der Waals surface area (Å²) in [5, 5.41) is 4.56. The molecule has 0 spiro atoms. The Morgan fingerprint density at radius 2 is 1.83 bits per heavy atom. The zero-order valence-electron chi connectivity index (χ0n) is 9.45.